The zero-order chi connectivity index (χ0) is 41.0. The predicted octanol–water partition coefficient (Wildman–Crippen LogP) is 16.7. The molecule has 62 heavy (non-hydrogen) atoms. The molecular weight excluding hydrogens is 749 g/mol. The zero-order valence-corrected chi connectivity index (χ0v) is 34.0. The van der Waals surface area contributed by atoms with Crippen molar-refractivity contribution in [2.45, 2.75) is 0 Å². The van der Waals surface area contributed by atoms with E-state index in [2.05, 4.69) is 252 Å². The molecule has 0 saturated carbocycles. The molecule has 0 amide bonds. The summed E-state index contributed by atoms with van der Waals surface area (Å²) in [5.74, 6) is 0. The number of aromatic nitrogens is 1. The molecular formula is C60H40N2. The van der Waals surface area contributed by atoms with E-state index in [1.54, 1.807) is 0 Å². The first-order chi connectivity index (χ1) is 30.8. The van der Waals surface area contributed by atoms with E-state index in [9.17, 15) is 0 Å². The molecule has 0 aliphatic heterocycles. The van der Waals surface area contributed by atoms with Crippen molar-refractivity contribution in [3.63, 3.8) is 0 Å². The Morgan fingerprint density at radius 1 is 0.274 bits per heavy atom. The van der Waals surface area contributed by atoms with Crippen molar-refractivity contribution in [2.24, 2.45) is 0 Å². The van der Waals surface area contributed by atoms with Gasteiger partial charge in [-0.2, -0.15) is 0 Å². The first-order valence-electron chi connectivity index (χ1n) is 21.3. The zero-order valence-electron chi connectivity index (χ0n) is 34.0. The summed E-state index contributed by atoms with van der Waals surface area (Å²) in [4.78, 5) is 2.40. The summed E-state index contributed by atoms with van der Waals surface area (Å²) in [6.45, 7) is 0. The van der Waals surface area contributed by atoms with Gasteiger partial charge in [0, 0.05) is 33.2 Å². The smallest absolute Gasteiger partial charge is 0.0541 e. The molecule has 0 fully saturated rings. The van der Waals surface area contributed by atoms with Crippen LogP contribution < -0.4 is 4.90 Å². The molecule has 1 aromatic heterocycles. The third-order valence-electron chi connectivity index (χ3n) is 12.6. The summed E-state index contributed by atoms with van der Waals surface area (Å²) in [7, 11) is 0. The number of hydrogen-bond acceptors (Lipinski definition) is 1. The number of nitrogens with zero attached hydrogens (tertiary/aromatic N) is 2. The van der Waals surface area contributed by atoms with Crippen molar-refractivity contribution in [3.05, 3.63) is 243 Å². The van der Waals surface area contributed by atoms with Crippen LogP contribution in [0, 0.1) is 0 Å². The second-order valence-corrected chi connectivity index (χ2v) is 16.1. The second kappa shape index (κ2) is 14.8. The molecule has 0 atom stereocenters. The van der Waals surface area contributed by atoms with Gasteiger partial charge in [0.05, 0.1) is 16.7 Å². The predicted molar refractivity (Wildman–Crippen MR) is 264 cm³/mol. The Morgan fingerprint density at radius 2 is 0.726 bits per heavy atom. The highest BCUT2D eigenvalue weighted by Crippen LogP contribution is 2.46. The van der Waals surface area contributed by atoms with Crippen LogP contribution in [0.5, 0.6) is 0 Å². The van der Waals surface area contributed by atoms with Crippen LogP contribution in [-0.2, 0) is 0 Å². The molecule has 12 aromatic rings. The van der Waals surface area contributed by atoms with Crippen molar-refractivity contribution in [3.8, 4) is 39.1 Å². The summed E-state index contributed by atoms with van der Waals surface area (Å²) < 4.78 is 2.38. The summed E-state index contributed by atoms with van der Waals surface area (Å²) in [5, 5.41) is 9.95. The fourth-order valence-electron chi connectivity index (χ4n) is 9.77. The topological polar surface area (TPSA) is 8.17 Å². The third kappa shape index (κ3) is 5.88. The standard InChI is InChI=1S/C60H40N2/c1-3-17-43(18-4-1)59-52-25-9-10-26-53(52)60(44-19-5-2-6-20-44)55-40-45(32-39-54(55)59)41-30-33-46(34-31-41)61(56-29-15-21-42-16-7-8-22-49(42)56)47-35-37-48(38-36-47)62-57-27-13-11-23-50(57)51-24-12-14-28-58(51)62/h1-40H. The fraction of sp³-hybridized carbons (Fsp3) is 0. The van der Waals surface area contributed by atoms with Crippen molar-refractivity contribution in [2.75, 3.05) is 4.90 Å². The van der Waals surface area contributed by atoms with Gasteiger partial charge in [0.25, 0.3) is 0 Å². The van der Waals surface area contributed by atoms with E-state index in [1.807, 2.05) is 0 Å². The average Bonchev–Trinajstić information content (AvgIpc) is 3.68. The number of benzene rings is 11. The van der Waals surface area contributed by atoms with Gasteiger partial charge >= 0.3 is 0 Å². The van der Waals surface area contributed by atoms with Crippen LogP contribution in [0.4, 0.5) is 17.1 Å². The first kappa shape index (κ1) is 35.7. The second-order valence-electron chi connectivity index (χ2n) is 16.1. The monoisotopic (exact) mass is 788 g/mol. The molecule has 0 unspecified atom stereocenters. The molecule has 2 nitrogen and oxygen atoms in total. The van der Waals surface area contributed by atoms with Crippen LogP contribution in [-0.4, -0.2) is 4.57 Å². The van der Waals surface area contributed by atoms with E-state index in [1.165, 1.54) is 87.5 Å². The maximum absolute atomic E-state index is 2.40. The maximum atomic E-state index is 2.40. The Kier molecular flexibility index (Phi) is 8.53. The molecule has 1 heterocycles. The number of rotatable bonds is 7. The minimum absolute atomic E-state index is 1.09. The average molecular weight is 789 g/mol. The third-order valence-corrected chi connectivity index (χ3v) is 12.6. The van der Waals surface area contributed by atoms with Gasteiger partial charge in [-0.3, -0.25) is 0 Å². The van der Waals surface area contributed by atoms with E-state index in [4.69, 9.17) is 0 Å². The highest BCUT2D eigenvalue weighted by atomic mass is 15.1. The Morgan fingerprint density at radius 3 is 1.34 bits per heavy atom. The van der Waals surface area contributed by atoms with Gasteiger partial charge in [0.15, 0.2) is 0 Å². The Labute approximate surface area is 360 Å². The lowest BCUT2D eigenvalue weighted by Gasteiger charge is -2.27. The quantitative estimate of drug-likeness (QED) is 0.146. The summed E-state index contributed by atoms with van der Waals surface area (Å²) in [5.41, 5.74) is 14.2. The van der Waals surface area contributed by atoms with Crippen molar-refractivity contribution in [1.82, 2.24) is 4.57 Å². The van der Waals surface area contributed by atoms with Gasteiger partial charge in [-0.15, -0.1) is 0 Å². The van der Waals surface area contributed by atoms with Gasteiger partial charge < -0.3 is 9.47 Å². The van der Waals surface area contributed by atoms with Crippen molar-refractivity contribution < 1.29 is 0 Å². The molecule has 290 valence electrons. The molecule has 11 aromatic carbocycles. The molecule has 0 N–H and O–H groups in total. The van der Waals surface area contributed by atoms with Crippen molar-refractivity contribution >= 4 is 71.2 Å². The lowest BCUT2D eigenvalue weighted by atomic mass is 9.85. The van der Waals surface area contributed by atoms with Crippen LogP contribution in [0.2, 0.25) is 0 Å². The normalized spacial score (nSPS) is 11.5. The minimum Gasteiger partial charge on any atom is -0.310 e. The Bertz CT molecular complexity index is 3550. The summed E-state index contributed by atoms with van der Waals surface area (Å²) >= 11 is 0. The highest BCUT2D eigenvalue weighted by Gasteiger charge is 2.20. The van der Waals surface area contributed by atoms with Crippen LogP contribution in [0.1, 0.15) is 0 Å². The van der Waals surface area contributed by atoms with E-state index in [0.717, 1.165) is 22.7 Å². The molecule has 0 radical (unpaired) electrons. The Hall–Kier alpha value is -8.20. The molecule has 0 saturated heterocycles. The number of fused-ring (bicyclic) bond motifs is 6. The molecule has 0 aliphatic rings. The minimum atomic E-state index is 1.09. The van der Waals surface area contributed by atoms with E-state index < -0.39 is 0 Å². The summed E-state index contributed by atoms with van der Waals surface area (Å²) in [6.07, 6.45) is 0. The lowest BCUT2D eigenvalue weighted by molar-refractivity contribution is 1.17. The number of anilines is 3. The van der Waals surface area contributed by atoms with Crippen LogP contribution in [0.15, 0.2) is 243 Å². The molecule has 2 heteroatoms. The SMILES string of the molecule is c1ccc(-c2c3ccccc3c(-c3ccccc3)c3cc(-c4ccc(N(c5ccc(-n6c7ccccc7c7ccccc76)cc5)c5cccc6ccccc56)cc4)ccc23)cc1. The van der Waals surface area contributed by atoms with Gasteiger partial charge in [-0.05, 0) is 121 Å². The molecule has 0 spiro atoms. The van der Waals surface area contributed by atoms with E-state index in [0.29, 0.717) is 0 Å². The molecule has 12 rings (SSSR count). The maximum Gasteiger partial charge on any atom is 0.0541 e. The van der Waals surface area contributed by atoms with Crippen molar-refractivity contribution in [1.29, 1.82) is 0 Å². The van der Waals surface area contributed by atoms with Crippen LogP contribution in [0.3, 0.4) is 0 Å². The molecule has 0 bridgehead atoms. The van der Waals surface area contributed by atoms with E-state index in [-0.39, 0.29) is 0 Å². The van der Waals surface area contributed by atoms with Gasteiger partial charge in [-0.1, -0.05) is 182 Å². The Balaban J connectivity index is 1.00. The van der Waals surface area contributed by atoms with Crippen LogP contribution >= 0.6 is 0 Å². The van der Waals surface area contributed by atoms with E-state index >= 15 is 0 Å². The lowest BCUT2D eigenvalue weighted by Crippen LogP contribution is -2.10. The number of hydrogen-bond donors (Lipinski definition) is 0. The fourth-order valence-corrected chi connectivity index (χ4v) is 9.77. The number of para-hydroxylation sites is 2. The van der Waals surface area contributed by atoms with Gasteiger partial charge in [0.2, 0.25) is 0 Å². The molecule has 0 aliphatic carbocycles. The largest absolute Gasteiger partial charge is 0.310 e. The van der Waals surface area contributed by atoms with Crippen LogP contribution in [0.25, 0.3) is 93.2 Å². The highest BCUT2D eigenvalue weighted by molar-refractivity contribution is 6.22. The van der Waals surface area contributed by atoms with Gasteiger partial charge in [-0.25, -0.2) is 0 Å². The van der Waals surface area contributed by atoms with Gasteiger partial charge in [0.1, 0.15) is 0 Å². The summed E-state index contributed by atoms with van der Waals surface area (Å²) in [6, 6.07) is 88.4. The first-order valence-corrected chi connectivity index (χ1v) is 21.3.